The summed E-state index contributed by atoms with van der Waals surface area (Å²) in [7, 11) is -3.30. The highest BCUT2D eigenvalue weighted by Gasteiger charge is 2.24. The number of sulfonamides is 1. The van der Waals surface area contributed by atoms with Crippen LogP contribution in [0.2, 0.25) is 0 Å². The van der Waals surface area contributed by atoms with Gasteiger partial charge in [-0.2, -0.15) is 0 Å². The molecule has 1 aliphatic rings. The number of rotatable bonds is 7. The SMILES string of the molecule is CCc1ccc([C@H](C)NC(=O)c2ccc(CS(=O)(=O)N3CCCCC3)cc2)cc1. The van der Waals surface area contributed by atoms with Gasteiger partial charge in [0.05, 0.1) is 11.8 Å². The number of nitrogens with one attached hydrogen (secondary N) is 1. The molecule has 29 heavy (non-hydrogen) atoms. The Morgan fingerprint density at radius 1 is 0.966 bits per heavy atom. The molecule has 0 saturated carbocycles. The molecule has 156 valence electrons. The third kappa shape index (κ3) is 5.67. The predicted molar refractivity (Wildman–Crippen MR) is 116 cm³/mol. The lowest BCUT2D eigenvalue weighted by Gasteiger charge is -2.25. The predicted octanol–water partition coefficient (Wildman–Crippen LogP) is 4.06. The van der Waals surface area contributed by atoms with Gasteiger partial charge >= 0.3 is 0 Å². The van der Waals surface area contributed by atoms with Gasteiger partial charge in [0.25, 0.3) is 5.91 Å². The lowest BCUT2D eigenvalue weighted by atomic mass is 10.0. The summed E-state index contributed by atoms with van der Waals surface area (Å²) >= 11 is 0. The quantitative estimate of drug-likeness (QED) is 0.743. The van der Waals surface area contributed by atoms with E-state index in [-0.39, 0.29) is 17.7 Å². The number of carbonyl (C=O) groups is 1. The normalized spacial score (nSPS) is 16.3. The molecule has 0 aromatic heterocycles. The average molecular weight is 415 g/mol. The molecule has 2 aromatic rings. The smallest absolute Gasteiger partial charge is 0.251 e. The van der Waals surface area contributed by atoms with Gasteiger partial charge in [0.1, 0.15) is 0 Å². The Bertz CT molecular complexity index is 916. The summed E-state index contributed by atoms with van der Waals surface area (Å²) < 4.78 is 26.7. The zero-order chi connectivity index (χ0) is 20.9. The van der Waals surface area contributed by atoms with Gasteiger partial charge in [0, 0.05) is 18.7 Å². The Balaban J connectivity index is 1.60. The maximum Gasteiger partial charge on any atom is 0.251 e. The minimum Gasteiger partial charge on any atom is -0.346 e. The van der Waals surface area contributed by atoms with Crippen molar-refractivity contribution in [3.8, 4) is 0 Å². The van der Waals surface area contributed by atoms with Gasteiger partial charge in [-0.3, -0.25) is 4.79 Å². The first kappa shape index (κ1) is 21.5. The van der Waals surface area contributed by atoms with Crippen LogP contribution in [0.5, 0.6) is 0 Å². The van der Waals surface area contributed by atoms with Crippen LogP contribution in [0.3, 0.4) is 0 Å². The first-order valence-electron chi connectivity index (χ1n) is 10.4. The first-order valence-corrected chi connectivity index (χ1v) is 12.0. The van der Waals surface area contributed by atoms with Crippen molar-refractivity contribution in [2.24, 2.45) is 0 Å². The van der Waals surface area contributed by atoms with E-state index in [1.165, 1.54) is 5.56 Å². The van der Waals surface area contributed by atoms with E-state index in [1.807, 2.05) is 19.1 Å². The molecule has 1 saturated heterocycles. The summed E-state index contributed by atoms with van der Waals surface area (Å²) in [5, 5.41) is 3.00. The molecule has 0 spiro atoms. The summed E-state index contributed by atoms with van der Waals surface area (Å²) in [4.78, 5) is 12.6. The molecule has 0 unspecified atom stereocenters. The van der Waals surface area contributed by atoms with E-state index in [4.69, 9.17) is 0 Å². The van der Waals surface area contributed by atoms with Gasteiger partial charge in [0.15, 0.2) is 0 Å². The number of hydrogen-bond donors (Lipinski definition) is 1. The van der Waals surface area contributed by atoms with Crippen molar-refractivity contribution in [2.45, 2.75) is 51.3 Å². The van der Waals surface area contributed by atoms with Crippen molar-refractivity contribution < 1.29 is 13.2 Å². The minimum atomic E-state index is -3.30. The Hall–Kier alpha value is -2.18. The molecule has 1 heterocycles. The van der Waals surface area contributed by atoms with E-state index in [2.05, 4.69) is 24.4 Å². The molecule has 0 aliphatic carbocycles. The number of carbonyl (C=O) groups excluding carboxylic acids is 1. The number of benzene rings is 2. The summed E-state index contributed by atoms with van der Waals surface area (Å²) in [6.07, 6.45) is 3.94. The molecule has 3 rings (SSSR count). The number of piperidine rings is 1. The molecule has 6 heteroatoms. The van der Waals surface area contributed by atoms with Crippen molar-refractivity contribution in [1.29, 1.82) is 0 Å². The van der Waals surface area contributed by atoms with Crippen LogP contribution in [-0.2, 0) is 22.2 Å². The maximum atomic E-state index is 12.6. The molecular formula is C23H30N2O3S. The summed E-state index contributed by atoms with van der Waals surface area (Å²) in [6, 6.07) is 15.0. The number of amides is 1. The van der Waals surface area contributed by atoms with Crippen LogP contribution in [-0.4, -0.2) is 31.7 Å². The van der Waals surface area contributed by atoms with Crippen LogP contribution in [0, 0.1) is 0 Å². The van der Waals surface area contributed by atoms with Crippen LogP contribution >= 0.6 is 0 Å². The fourth-order valence-electron chi connectivity index (χ4n) is 3.60. The molecule has 1 N–H and O–H groups in total. The molecule has 2 aromatic carbocycles. The molecule has 5 nitrogen and oxygen atoms in total. The Morgan fingerprint density at radius 3 is 2.14 bits per heavy atom. The van der Waals surface area contributed by atoms with Crippen molar-refractivity contribution in [3.63, 3.8) is 0 Å². The lowest BCUT2D eigenvalue weighted by molar-refractivity contribution is 0.0940. The van der Waals surface area contributed by atoms with Gasteiger partial charge < -0.3 is 5.32 Å². The van der Waals surface area contributed by atoms with Crippen LogP contribution in [0.1, 0.15) is 66.2 Å². The van der Waals surface area contributed by atoms with Crippen molar-refractivity contribution in [2.75, 3.05) is 13.1 Å². The highest BCUT2D eigenvalue weighted by atomic mass is 32.2. The number of aryl methyl sites for hydroxylation is 1. The van der Waals surface area contributed by atoms with E-state index in [0.29, 0.717) is 24.2 Å². The van der Waals surface area contributed by atoms with Crippen molar-refractivity contribution >= 4 is 15.9 Å². The van der Waals surface area contributed by atoms with E-state index in [9.17, 15) is 13.2 Å². The van der Waals surface area contributed by atoms with E-state index >= 15 is 0 Å². The molecule has 1 amide bonds. The highest BCUT2D eigenvalue weighted by Crippen LogP contribution is 2.18. The summed E-state index contributed by atoms with van der Waals surface area (Å²) in [6.45, 7) is 5.29. The highest BCUT2D eigenvalue weighted by molar-refractivity contribution is 7.88. The van der Waals surface area contributed by atoms with E-state index < -0.39 is 10.0 Å². The molecule has 1 aliphatic heterocycles. The van der Waals surface area contributed by atoms with Crippen LogP contribution in [0.15, 0.2) is 48.5 Å². The molecule has 1 atom stereocenters. The average Bonchev–Trinajstić information content (AvgIpc) is 2.74. The molecule has 0 bridgehead atoms. The summed E-state index contributed by atoms with van der Waals surface area (Å²) in [5.41, 5.74) is 3.55. The Labute approximate surface area is 174 Å². The molecule has 0 radical (unpaired) electrons. The van der Waals surface area contributed by atoms with Gasteiger partial charge in [-0.05, 0) is 55.0 Å². The fraction of sp³-hybridized carbons (Fsp3) is 0.435. The molecular weight excluding hydrogens is 384 g/mol. The Kier molecular flexibility index (Phi) is 7.09. The molecule has 1 fully saturated rings. The standard InChI is InChI=1S/C23H30N2O3S/c1-3-19-7-11-21(12-8-19)18(2)24-23(26)22-13-9-20(10-14-22)17-29(27,28)25-15-5-4-6-16-25/h7-14,18H,3-6,15-17H2,1-2H3,(H,24,26)/t18-/m0/s1. The largest absolute Gasteiger partial charge is 0.346 e. The monoisotopic (exact) mass is 414 g/mol. The van der Waals surface area contributed by atoms with E-state index in [0.717, 1.165) is 31.2 Å². The Morgan fingerprint density at radius 2 is 1.55 bits per heavy atom. The van der Waals surface area contributed by atoms with Gasteiger partial charge in [-0.1, -0.05) is 49.7 Å². The van der Waals surface area contributed by atoms with Crippen molar-refractivity contribution in [1.82, 2.24) is 9.62 Å². The third-order valence-corrected chi connectivity index (χ3v) is 7.36. The maximum absolute atomic E-state index is 12.6. The van der Waals surface area contributed by atoms with Gasteiger partial charge in [-0.25, -0.2) is 12.7 Å². The summed E-state index contributed by atoms with van der Waals surface area (Å²) in [5.74, 6) is -0.183. The lowest BCUT2D eigenvalue weighted by Crippen LogP contribution is -2.36. The van der Waals surface area contributed by atoms with Gasteiger partial charge in [0.2, 0.25) is 10.0 Å². The van der Waals surface area contributed by atoms with Crippen LogP contribution in [0.4, 0.5) is 0 Å². The van der Waals surface area contributed by atoms with Crippen LogP contribution in [0.25, 0.3) is 0 Å². The fourth-order valence-corrected chi connectivity index (χ4v) is 5.21. The zero-order valence-corrected chi connectivity index (χ0v) is 18.0. The second-order valence-corrected chi connectivity index (χ2v) is 9.67. The number of hydrogen-bond acceptors (Lipinski definition) is 3. The number of nitrogens with zero attached hydrogens (tertiary/aromatic N) is 1. The van der Waals surface area contributed by atoms with Crippen molar-refractivity contribution in [3.05, 3.63) is 70.8 Å². The minimum absolute atomic E-state index is 0.0188. The topological polar surface area (TPSA) is 66.5 Å². The zero-order valence-electron chi connectivity index (χ0n) is 17.2. The first-order chi connectivity index (χ1) is 13.9. The third-order valence-electron chi connectivity index (χ3n) is 5.51. The van der Waals surface area contributed by atoms with Gasteiger partial charge in [-0.15, -0.1) is 0 Å². The second kappa shape index (κ2) is 9.55. The van der Waals surface area contributed by atoms with Crippen LogP contribution < -0.4 is 5.32 Å². The van der Waals surface area contributed by atoms with E-state index in [1.54, 1.807) is 28.6 Å². The second-order valence-electron chi connectivity index (χ2n) is 7.70.